The summed E-state index contributed by atoms with van der Waals surface area (Å²) in [5.41, 5.74) is 0.896. The van der Waals surface area contributed by atoms with Crippen LogP contribution in [0.25, 0.3) is 0 Å². The van der Waals surface area contributed by atoms with E-state index in [-0.39, 0.29) is 11.6 Å². The largest absolute Gasteiger partial charge is 0.478 e. The highest BCUT2D eigenvalue weighted by Crippen LogP contribution is 2.22. The van der Waals surface area contributed by atoms with Crippen molar-refractivity contribution >= 4 is 27.6 Å². The smallest absolute Gasteiger partial charge is 0.337 e. The van der Waals surface area contributed by atoms with E-state index in [1.807, 2.05) is 13.0 Å². The van der Waals surface area contributed by atoms with E-state index in [2.05, 4.69) is 21.2 Å². The maximum atomic E-state index is 11.1. The predicted octanol–water partition coefficient (Wildman–Crippen LogP) is 2.98. The second-order valence-corrected chi connectivity index (χ2v) is 4.74. The van der Waals surface area contributed by atoms with Crippen molar-refractivity contribution < 1.29 is 14.6 Å². The summed E-state index contributed by atoms with van der Waals surface area (Å²) in [5, 5.41) is 12.3. The molecule has 0 spiro atoms. The van der Waals surface area contributed by atoms with E-state index in [9.17, 15) is 4.79 Å². The average molecular weight is 302 g/mol. The van der Waals surface area contributed by atoms with Crippen LogP contribution in [0.3, 0.4) is 0 Å². The fourth-order valence-corrected chi connectivity index (χ4v) is 1.81. The molecule has 17 heavy (non-hydrogen) atoms. The summed E-state index contributed by atoms with van der Waals surface area (Å²) in [6.07, 6.45) is 0.825. The number of hydrogen-bond donors (Lipinski definition) is 2. The molecule has 1 rings (SSSR count). The quantitative estimate of drug-likeness (QED) is 0.848. The van der Waals surface area contributed by atoms with Gasteiger partial charge in [0.15, 0.2) is 0 Å². The Balaban J connectivity index is 2.79. The van der Waals surface area contributed by atoms with E-state index in [1.54, 1.807) is 19.2 Å². The number of hydrogen-bond acceptors (Lipinski definition) is 3. The summed E-state index contributed by atoms with van der Waals surface area (Å²) >= 11 is 3.26. The molecule has 0 amide bonds. The van der Waals surface area contributed by atoms with Gasteiger partial charge in [0.25, 0.3) is 0 Å². The van der Waals surface area contributed by atoms with Gasteiger partial charge in [-0.1, -0.05) is 15.9 Å². The van der Waals surface area contributed by atoms with Crippen molar-refractivity contribution in [2.45, 2.75) is 19.4 Å². The molecule has 1 atom stereocenters. The topological polar surface area (TPSA) is 58.6 Å². The van der Waals surface area contributed by atoms with Crippen LogP contribution in [0, 0.1) is 0 Å². The first kappa shape index (κ1) is 14.0. The van der Waals surface area contributed by atoms with Crippen molar-refractivity contribution in [1.29, 1.82) is 0 Å². The molecule has 0 aromatic heterocycles. The molecular weight excluding hydrogens is 286 g/mol. The van der Waals surface area contributed by atoms with Crippen LogP contribution in [-0.4, -0.2) is 30.8 Å². The molecule has 1 unspecified atom stereocenters. The number of aromatic carboxylic acids is 1. The van der Waals surface area contributed by atoms with Crippen LogP contribution >= 0.6 is 15.9 Å². The zero-order chi connectivity index (χ0) is 12.8. The number of carboxylic acids is 1. The van der Waals surface area contributed by atoms with Crippen molar-refractivity contribution in [3.63, 3.8) is 0 Å². The number of rotatable bonds is 6. The molecule has 2 N–H and O–H groups in total. The lowest BCUT2D eigenvalue weighted by Crippen LogP contribution is -2.19. The maximum absolute atomic E-state index is 11.1. The molecular formula is C12H16BrNO3. The fraction of sp³-hybridized carbons (Fsp3) is 0.417. The molecule has 0 saturated heterocycles. The number of ether oxygens (including phenoxy) is 1. The molecule has 1 aromatic rings. The molecule has 4 nitrogen and oxygen atoms in total. The normalized spacial score (nSPS) is 12.2. The highest BCUT2D eigenvalue weighted by Gasteiger charge is 2.12. The van der Waals surface area contributed by atoms with Gasteiger partial charge >= 0.3 is 5.97 Å². The molecule has 5 heteroatoms. The van der Waals surface area contributed by atoms with E-state index < -0.39 is 5.97 Å². The second-order valence-electron chi connectivity index (χ2n) is 3.82. The maximum Gasteiger partial charge on any atom is 0.337 e. The predicted molar refractivity (Wildman–Crippen MR) is 70.7 cm³/mol. The Labute approximate surface area is 109 Å². The first-order valence-corrected chi connectivity index (χ1v) is 6.12. The number of halogens is 1. The molecule has 0 fully saturated rings. The monoisotopic (exact) mass is 301 g/mol. The Morgan fingerprint density at radius 1 is 1.59 bits per heavy atom. The molecule has 0 radical (unpaired) electrons. The van der Waals surface area contributed by atoms with Crippen LogP contribution in [-0.2, 0) is 4.74 Å². The van der Waals surface area contributed by atoms with Crippen LogP contribution in [0.1, 0.15) is 23.7 Å². The average Bonchev–Trinajstić information content (AvgIpc) is 2.28. The van der Waals surface area contributed by atoms with Crippen LogP contribution < -0.4 is 5.32 Å². The Bertz CT molecular complexity index is 395. The Hall–Kier alpha value is -1.07. The number of nitrogens with one attached hydrogen (secondary N) is 1. The SMILES string of the molecule is COCCC(C)Nc1ccc(Br)cc1C(=O)O. The Kier molecular flexibility index (Phi) is 5.44. The summed E-state index contributed by atoms with van der Waals surface area (Å²) < 4.78 is 5.74. The van der Waals surface area contributed by atoms with E-state index in [0.717, 1.165) is 10.9 Å². The summed E-state index contributed by atoms with van der Waals surface area (Å²) in [6, 6.07) is 5.33. The minimum Gasteiger partial charge on any atom is -0.478 e. The number of benzene rings is 1. The van der Waals surface area contributed by atoms with Gasteiger partial charge in [-0.2, -0.15) is 0 Å². The zero-order valence-corrected chi connectivity index (χ0v) is 11.5. The summed E-state index contributed by atoms with van der Waals surface area (Å²) in [7, 11) is 1.65. The van der Waals surface area contributed by atoms with Gasteiger partial charge in [-0.3, -0.25) is 0 Å². The highest BCUT2D eigenvalue weighted by molar-refractivity contribution is 9.10. The fourth-order valence-electron chi connectivity index (χ4n) is 1.45. The molecule has 0 bridgehead atoms. The third-order valence-corrected chi connectivity index (χ3v) is 2.86. The summed E-state index contributed by atoms with van der Waals surface area (Å²) in [5.74, 6) is -0.937. The molecule has 94 valence electrons. The third-order valence-electron chi connectivity index (χ3n) is 2.37. The van der Waals surface area contributed by atoms with Gasteiger partial charge in [0.2, 0.25) is 0 Å². The summed E-state index contributed by atoms with van der Waals surface area (Å²) in [6.45, 7) is 2.64. The van der Waals surface area contributed by atoms with Crippen molar-refractivity contribution in [3.8, 4) is 0 Å². The van der Waals surface area contributed by atoms with Crippen LogP contribution in [0.5, 0.6) is 0 Å². The molecule has 0 aliphatic rings. The van der Waals surface area contributed by atoms with E-state index in [1.165, 1.54) is 0 Å². The van der Waals surface area contributed by atoms with Crippen molar-refractivity contribution in [3.05, 3.63) is 28.2 Å². The minimum atomic E-state index is -0.937. The van der Waals surface area contributed by atoms with Crippen molar-refractivity contribution in [2.75, 3.05) is 19.0 Å². The molecule has 0 aliphatic heterocycles. The number of carbonyl (C=O) groups is 1. The van der Waals surface area contributed by atoms with Gasteiger partial charge < -0.3 is 15.2 Å². The zero-order valence-electron chi connectivity index (χ0n) is 9.87. The van der Waals surface area contributed by atoms with Crippen LogP contribution in [0.15, 0.2) is 22.7 Å². The summed E-state index contributed by atoms with van der Waals surface area (Å²) in [4.78, 5) is 11.1. The van der Waals surface area contributed by atoms with Crippen LogP contribution in [0.2, 0.25) is 0 Å². The van der Waals surface area contributed by atoms with Crippen LogP contribution in [0.4, 0.5) is 5.69 Å². The van der Waals surface area contributed by atoms with E-state index in [4.69, 9.17) is 9.84 Å². The Morgan fingerprint density at radius 3 is 2.88 bits per heavy atom. The lowest BCUT2D eigenvalue weighted by Gasteiger charge is -2.16. The van der Waals surface area contributed by atoms with Gasteiger partial charge in [-0.15, -0.1) is 0 Å². The van der Waals surface area contributed by atoms with Gasteiger partial charge in [-0.25, -0.2) is 4.79 Å². The molecule has 0 saturated carbocycles. The van der Waals surface area contributed by atoms with Gasteiger partial charge in [0, 0.05) is 29.9 Å². The Morgan fingerprint density at radius 2 is 2.29 bits per heavy atom. The first-order valence-electron chi connectivity index (χ1n) is 5.33. The van der Waals surface area contributed by atoms with Gasteiger partial charge in [-0.05, 0) is 31.5 Å². The van der Waals surface area contributed by atoms with Crippen molar-refractivity contribution in [2.24, 2.45) is 0 Å². The number of carboxylic acid groups (broad SMARTS) is 1. The molecule has 0 aliphatic carbocycles. The highest BCUT2D eigenvalue weighted by atomic mass is 79.9. The number of methoxy groups -OCH3 is 1. The first-order chi connectivity index (χ1) is 8.04. The van der Waals surface area contributed by atoms with Gasteiger partial charge in [0.05, 0.1) is 5.56 Å². The van der Waals surface area contributed by atoms with Gasteiger partial charge in [0.1, 0.15) is 0 Å². The minimum absolute atomic E-state index is 0.161. The second kappa shape index (κ2) is 6.61. The lowest BCUT2D eigenvalue weighted by atomic mass is 10.1. The molecule has 0 heterocycles. The van der Waals surface area contributed by atoms with E-state index in [0.29, 0.717) is 12.3 Å². The third kappa shape index (κ3) is 4.36. The standard InChI is InChI=1S/C12H16BrNO3/c1-8(5-6-17-2)14-11-4-3-9(13)7-10(11)12(15)16/h3-4,7-8,14H,5-6H2,1-2H3,(H,15,16). The van der Waals surface area contributed by atoms with E-state index >= 15 is 0 Å². The number of anilines is 1. The van der Waals surface area contributed by atoms with Crippen molar-refractivity contribution in [1.82, 2.24) is 0 Å². The molecule has 1 aromatic carbocycles. The lowest BCUT2D eigenvalue weighted by molar-refractivity contribution is 0.0698.